The number of benzene rings is 1. The molecule has 1 atom stereocenters. The summed E-state index contributed by atoms with van der Waals surface area (Å²) in [6, 6.07) is 4.10. The number of aliphatic hydroxyl groups is 1. The molecule has 0 fully saturated rings. The second-order valence-electron chi connectivity index (χ2n) is 3.87. The lowest BCUT2D eigenvalue weighted by Crippen LogP contribution is -2.04. The minimum absolute atomic E-state index is 0.000465. The van der Waals surface area contributed by atoms with Gasteiger partial charge in [-0.2, -0.15) is 0 Å². The van der Waals surface area contributed by atoms with E-state index in [9.17, 15) is 20.0 Å². The average molecular weight is 269 g/mol. The number of ether oxygens (including phenoxy) is 1. The van der Waals surface area contributed by atoms with Crippen molar-refractivity contribution < 1.29 is 24.7 Å². The van der Waals surface area contributed by atoms with Crippen molar-refractivity contribution in [1.82, 2.24) is 0 Å². The number of aliphatic carboxylic acids is 1. The number of hydrogen-bond acceptors (Lipinski definition) is 5. The van der Waals surface area contributed by atoms with Crippen LogP contribution in [0.25, 0.3) is 0 Å². The lowest BCUT2D eigenvalue weighted by Gasteiger charge is -2.11. The fourth-order valence-corrected chi connectivity index (χ4v) is 1.59. The summed E-state index contributed by atoms with van der Waals surface area (Å²) >= 11 is 0. The van der Waals surface area contributed by atoms with E-state index in [1.807, 2.05) is 0 Å². The van der Waals surface area contributed by atoms with E-state index in [1.54, 1.807) is 6.92 Å². The summed E-state index contributed by atoms with van der Waals surface area (Å²) in [6.45, 7) is 2.00. The quantitative estimate of drug-likeness (QED) is 0.577. The molecule has 19 heavy (non-hydrogen) atoms. The first-order valence-electron chi connectivity index (χ1n) is 5.76. The number of nitro benzene ring substituents is 1. The molecule has 0 bridgehead atoms. The molecule has 1 aromatic carbocycles. The van der Waals surface area contributed by atoms with E-state index in [-0.39, 0.29) is 24.3 Å². The van der Waals surface area contributed by atoms with Crippen molar-refractivity contribution in [2.24, 2.45) is 0 Å². The van der Waals surface area contributed by atoms with Crippen LogP contribution in [-0.4, -0.2) is 27.7 Å². The minimum Gasteiger partial charge on any atom is -0.487 e. The highest BCUT2D eigenvalue weighted by Crippen LogP contribution is 2.31. The molecule has 0 aliphatic carbocycles. The van der Waals surface area contributed by atoms with Crippen molar-refractivity contribution in [3.05, 3.63) is 33.9 Å². The van der Waals surface area contributed by atoms with E-state index < -0.39 is 17.0 Å². The highest BCUT2D eigenvalue weighted by molar-refractivity contribution is 5.66. The van der Waals surface area contributed by atoms with Crippen LogP contribution in [0.3, 0.4) is 0 Å². The minimum atomic E-state index is -1.05. The zero-order chi connectivity index (χ0) is 14.4. The monoisotopic (exact) mass is 269 g/mol. The van der Waals surface area contributed by atoms with Crippen LogP contribution in [0.15, 0.2) is 18.2 Å². The van der Waals surface area contributed by atoms with E-state index in [0.717, 1.165) is 0 Å². The lowest BCUT2D eigenvalue weighted by molar-refractivity contribution is -0.386. The fourth-order valence-electron chi connectivity index (χ4n) is 1.59. The van der Waals surface area contributed by atoms with Gasteiger partial charge in [0.1, 0.15) is 0 Å². The van der Waals surface area contributed by atoms with Crippen molar-refractivity contribution in [3.8, 4) is 5.75 Å². The number of carbonyl (C=O) groups is 1. The molecule has 0 aliphatic rings. The summed E-state index contributed by atoms with van der Waals surface area (Å²) in [7, 11) is 0. The zero-order valence-electron chi connectivity index (χ0n) is 10.4. The van der Waals surface area contributed by atoms with E-state index in [0.29, 0.717) is 12.2 Å². The SMILES string of the molecule is CCOc1ccc(C(O)CCC(=O)O)cc1[N+](=O)[O-]. The molecule has 0 saturated heterocycles. The Bertz CT molecular complexity index is 473. The summed E-state index contributed by atoms with van der Waals surface area (Å²) in [5, 5.41) is 29.2. The zero-order valence-corrected chi connectivity index (χ0v) is 10.4. The van der Waals surface area contributed by atoms with E-state index in [2.05, 4.69) is 0 Å². The van der Waals surface area contributed by atoms with Crippen molar-refractivity contribution in [3.63, 3.8) is 0 Å². The maximum absolute atomic E-state index is 10.9. The van der Waals surface area contributed by atoms with Gasteiger partial charge >= 0.3 is 11.7 Å². The summed E-state index contributed by atoms with van der Waals surface area (Å²) in [5.41, 5.74) is 0.0603. The number of carboxylic acid groups (broad SMARTS) is 1. The molecular weight excluding hydrogens is 254 g/mol. The number of carboxylic acids is 1. The van der Waals surface area contributed by atoms with Crippen LogP contribution >= 0.6 is 0 Å². The van der Waals surface area contributed by atoms with Crippen LogP contribution < -0.4 is 4.74 Å². The maximum Gasteiger partial charge on any atom is 0.311 e. The molecule has 104 valence electrons. The molecule has 2 N–H and O–H groups in total. The smallest absolute Gasteiger partial charge is 0.311 e. The summed E-state index contributed by atoms with van der Waals surface area (Å²) in [5.74, 6) is -0.902. The third-order valence-corrected chi connectivity index (χ3v) is 2.50. The van der Waals surface area contributed by atoms with Crippen molar-refractivity contribution in [2.75, 3.05) is 6.61 Å². The Labute approximate surface area is 109 Å². The fraction of sp³-hybridized carbons (Fsp3) is 0.417. The van der Waals surface area contributed by atoms with Gasteiger partial charge in [0.05, 0.1) is 17.6 Å². The Morgan fingerprint density at radius 1 is 1.53 bits per heavy atom. The van der Waals surface area contributed by atoms with Gasteiger partial charge in [0.25, 0.3) is 0 Å². The summed E-state index contributed by atoms with van der Waals surface area (Å²) < 4.78 is 5.11. The van der Waals surface area contributed by atoms with Crippen LogP contribution in [0, 0.1) is 10.1 Å². The molecule has 7 nitrogen and oxygen atoms in total. The molecule has 0 radical (unpaired) electrons. The normalized spacial score (nSPS) is 11.9. The molecule has 0 aliphatic heterocycles. The van der Waals surface area contributed by atoms with Gasteiger partial charge in [-0.25, -0.2) is 0 Å². The van der Waals surface area contributed by atoms with Crippen LogP contribution in [0.2, 0.25) is 0 Å². The highest BCUT2D eigenvalue weighted by atomic mass is 16.6. The predicted molar refractivity (Wildman–Crippen MR) is 66.1 cm³/mol. The Morgan fingerprint density at radius 2 is 2.21 bits per heavy atom. The van der Waals surface area contributed by atoms with Gasteiger partial charge in [-0.1, -0.05) is 6.07 Å². The number of hydrogen-bond donors (Lipinski definition) is 2. The van der Waals surface area contributed by atoms with Gasteiger partial charge in [-0.3, -0.25) is 14.9 Å². The molecule has 0 saturated carbocycles. The third-order valence-electron chi connectivity index (χ3n) is 2.50. The molecule has 1 rings (SSSR count). The number of rotatable bonds is 7. The number of nitro groups is 1. The molecule has 7 heteroatoms. The van der Waals surface area contributed by atoms with Crippen LogP contribution in [-0.2, 0) is 4.79 Å². The summed E-state index contributed by atoms with van der Waals surface area (Å²) in [6.07, 6.45) is -1.26. The standard InChI is InChI=1S/C12H15NO6/c1-2-19-11-5-3-8(7-9(11)13(17)18)10(14)4-6-12(15)16/h3,5,7,10,14H,2,4,6H2,1H3,(H,15,16). The van der Waals surface area contributed by atoms with Crippen molar-refractivity contribution in [1.29, 1.82) is 0 Å². The Morgan fingerprint density at radius 3 is 2.74 bits per heavy atom. The topological polar surface area (TPSA) is 110 Å². The molecule has 1 aromatic rings. The first-order chi connectivity index (χ1) is 8.95. The van der Waals surface area contributed by atoms with Crippen LogP contribution in [0.5, 0.6) is 5.75 Å². The van der Waals surface area contributed by atoms with Crippen LogP contribution in [0.1, 0.15) is 31.4 Å². The molecule has 0 heterocycles. The van der Waals surface area contributed by atoms with E-state index >= 15 is 0 Å². The van der Waals surface area contributed by atoms with E-state index in [4.69, 9.17) is 9.84 Å². The first kappa shape index (κ1) is 14.9. The second-order valence-corrected chi connectivity index (χ2v) is 3.87. The molecule has 1 unspecified atom stereocenters. The predicted octanol–water partition coefficient (Wildman–Crippen LogP) is 1.89. The van der Waals surface area contributed by atoms with E-state index in [1.165, 1.54) is 18.2 Å². The van der Waals surface area contributed by atoms with Gasteiger partial charge in [0.2, 0.25) is 0 Å². The molecule has 0 amide bonds. The van der Waals surface area contributed by atoms with Crippen molar-refractivity contribution >= 4 is 11.7 Å². The average Bonchev–Trinajstić information content (AvgIpc) is 2.36. The largest absolute Gasteiger partial charge is 0.487 e. The Kier molecular flexibility index (Phi) is 5.25. The maximum atomic E-state index is 10.9. The number of nitrogens with zero attached hydrogens (tertiary/aromatic N) is 1. The van der Waals surface area contributed by atoms with Crippen LogP contribution in [0.4, 0.5) is 5.69 Å². The first-order valence-corrected chi connectivity index (χ1v) is 5.76. The molecular formula is C12H15NO6. The highest BCUT2D eigenvalue weighted by Gasteiger charge is 2.19. The molecule has 0 spiro atoms. The number of aliphatic hydroxyl groups excluding tert-OH is 1. The third kappa shape index (κ3) is 4.22. The van der Waals surface area contributed by atoms with Crippen molar-refractivity contribution in [2.45, 2.75) is 25.9 Å². The Hall–Kier alpha value is -2.15. The van der Waals surface area contributed by atoms with Gasteiger partial charge in [-0.05, 0) is 25.0 Å². The second kappa shape index (κ2) is 6.69. The van der Waals surface area contributed by atoms with Gasteiger partial charge in [0.15, 0.2) is 5.75 Å². The lowest BCUT2D eigenvalue weighted by atomic mass is 10.0. The van der Waals surface area contributed by atoms with Gasteiger partial charge < -0.3 is 14.9 Å². The summed E-state index contributed by atoms with van der Waals surface area (Å²) in [4.78, 5) is 20.7. The van der Waals surface area contributed by atoms with Gasteiger partial charge in [0, 0.05) is 12.5 Å². The van der Waals surface area contributed by atoms with Gasteiger partial charge in [-0.15, -0.1) is 0 Å². The molecule has 0 aromatic heterocycles. The Balaban J connectivity index is 2.94.